The third-order valence-corrected chi connectivity index (χ3v) is 4.47. The highest BCUT2D eigenvalue weighted by Gasteiger charge is 2.18. The second-order valence-electron chi connectivity index (χ2n) is 6.09. The van der Waals surface area contributed by atoms with Gasteiger partial charge >= 0.3 is 0 Å². The summed E-state index contributed by atoms with van der Waals surface area (Å²) < 4.78 is 0. The number of nitrogens with one attached hydrogen (secondary N) is 2. The summed E-state index contributed by atoms with van der Waals surface area (Å²) >= 11 is 0. The zero-order chi connectivity index (χ0) is 19.2. The zero-order valence-electron chi connectivity index (χ0n) is 14.9. The molecule has 7 nitrogen and oxygen atoms in total. The summed E-state index contributed by atoms with van der Waals surface area (Å²) in [5.74, 6) is -0.244. The van der Waals surface area contributed by atoms with Crippen LogP contribution in [0.1, 0.15) is 16.7 Å². The van der Waals surface area contributed by atoms with E-state index >= 15 is 0 Å². The highest BCUT2D eigenvalue weighted by molar-refractivity contribution is 6.10. The lowest BCUT2D eigenvalue weighted by atomic mass is 10.0. The van der Waals surface area contributed by atoms with Crippen LogP contribution in [0.25, 0.3) is 11.6 Å². The van der Waals surface area contributed by atoms with Gasteiger partial charge in [0.15, 0.2) is 0 Å². The van der Waals surface area contributed by atoms with Gasteiger partial charge in [-0.25, -0.2) is 0 Å². The molecule has 3 rings (SSSR count). The van der Waals surface area contributed by atoms with Crippen LogP contribution in [0.5, 0.6) is 0 Å². The molecule has 0 saturated carbocycles. The van der Waals surface area contributed by atoms with Gasteiger partial charge in [-0.05, 0) is 47.9 Å². The van der Waals surface area contributed by atoms with Crippen molar-refractivity contribution in [2.75, 3.05) is 23.4 Å². The smallest absolute Gasteiger partial charge is 0.248 e. The minimum Gasteiger partial charge on any atom is -0.404 e. The lowest BCUT2D eigenvalue weighted by Crippen LogP contribution is -2.27. The van der Waals surface area contributed by atoms with E-state index in [2.05, 4.69) is 15.2 Å². The Balaban J connectivity index is 1.73. The molecule has 0 spiro atoms. The molecule has 0 bridgehead atoms. The van der Waals surface area contributed by atoms with Crippen molar-refractivity contribution in [3.05, 3.63) is 65.6 Å². The summed E-state index contributed by atoms with van der Waals surface area (Å²) in [6.45, 7) is 1.39. The summed E-state index contributed by atoms with van der Waals surface area (Å²) in [5, 5.41) is 10.3. The Bertz CT molecular complexity index is 918. The van der Waals surface area contributed by atoms with Gasteiger partial charge in [-0.2, -0.15) is 0 Å². The first-order chi connectivity index (χ1) is 13.2. The Morgan fingerprint density at radius 3 is 2.96 bits per heavy atom. The third kappa shape index (κ3) is 4.04. The second-order valence-corrected chi connectivity index (χ2v) is 6.09. The number of rotatable bonds is 6. The molecule has 0 radical (unpaired) electrons. The molecular formula is C20H22N6O. The highest BCUT2D eigenvalue weighted by atomic mass is 16.1. The van der Waals surface area contributed by atoms with E-state index in [9.17, 15) is 4.79 Å². The Kier molecular flexibility index (Phi) is 5.63. The Morgan fingerprint density at radius 1 is 1.37 bits per heavy atom. The first-order valence-corrected chi connectivity index (χ1v) is 8.60. The number of pyridine rings is 1. The SMILES string of the molecule is N=CC(=CN)c1ccncc1/C=C/C(=O)Nc1ccc2c(c1)CCN2CN. The number of anilines is 2. The maximum atomic E-state index is 12.3. The number of nitrogens with two attached hydrogens (primary N) is 2. The molecule has 0 aliphatic carbocycles. The summed E-state index contributed by atoms with van der Waals surface area (Å²) in [4.78, 5) is 18.5. The van der Waals surface area contributed by atoms with Crippen molar-refractivity contribution in [1.29, 1.82) is 5.41 Å². The maximum Gasteiger partial charge on any atom is 0.248 e. The predicted molar refractivity (Wildman–Crippen MR) is 109 cm³/mol. The number of carbonyl (C=O) groups excluding carboxylic acids is 1. The molecule has 1 amide bonds. The third-order valence-electron chi connectivity index (χ3n) is 4.47. The van der Waals surface area contributed by atoms with Crippen LogP contribution >= 0.6 is 0 Å². The fraction of sp³-hybridized carbons (Fsp3) is 0.150. The van der Waals surface area contributed by atoms with Gasteiger partial charge < -0.3 is 27.1 Å². The van der Waals surface area contributed by atoms with E-state index in [0.29, 0.717) is 17.8 Å². The van der Waals surface area contributed by atoms with Crippen LogP contribution in [0.15, 0.2) is 48.9 Å². The van der Waals surface area contributed by atoms with Gasteiger partial charge in [-0.3, -0.25) is 9.78 Å². The molecular weight excluding hydrogens is 340 g/mol. The molecule has 0 unspecified atom stereocenters. The standard InChI is InChI=1S/C20H22N6O/c21-10-16(11-22)18-5-7-24-12-15(18)1-4-20(27)25-17-2-3-19-14(9-17)6-8-26(19)13-23/h1-5,7,9-12,21H,6,8,13,22-23H2,(H,25,27)/b4-1+,16-11?,21-10?. The fourth-order valence-electron chi connectivity index (χ4n) is 3.10. The summed E-state index contributed by atoms with van der Waals surface area (Å²) in [5.41, 5.74) is 16.3. The molecule has 1 aromatic heterocycles. The van der Waals surface area contributed by atoms with E-state index in [1.54, 1.807) is 24.5 Å². The minimum absolute atomic E-state index is 0.244. The van der Waals surface area contributed by atoms with Crippen molar-refractivity contribution in [3.63, 3.8) is 0 Å². The molecule has 1 aliphatic rings. The van der Waals surface area contributed by atoms with Crippen LogP contribution in [0.4, 0.5) is 11.4 Å². The normalized spacial score (nSPS) is 13.7. The average Bonchev–Trinajstić information content (AvgIpc) is 3.10. The largest absolute Gasteiger partial charge is 0.404 e. The lowest BCUT2D eigenvalue weighted by molar-refractivity contribution is -0.111. The van der Waals surface area contributed by atoms with Crippen LogP contribution in [0.3, 0.4) is 0 Å². The summed E-state index contributed by atoms with van der Waals surface area (Å²) in [7, 11) is 0. The van der Waals surface area contributed by atoms with E-state index in [1.807, 2.05) is 18.2 Å². The van der Waals surface area contributed by atoms with Gasteiger partial charge in [0.25, 0.3) is 0 Å². The monoisotopic (exact) mass is 362 g/mol. The molecule has 1 aromatic carbocycles. The van der Waals surface area contributed by atoms with E-state index in [0.717, 1.165) is 29.9 Å². The van der Waals surface area contributed by atoms with E-state index in [1.165, 1.54) is 24.1 Å². The van der Waals surface area contributed by atoms with Crippen molar-refractivity contribution in [3.8, 4) is 0 Å². The minimum atomic E-state index is -0.244. The first-order valence-electron chi connectivity index (χ1n) is 8.60. The molecule has 0 saturated heterocycles. The number of benzene rings is 1. The first kappa shape index (κ1) is 18.3. The molecule has 0 fully saturated rings. The van der Waals surface area contributed by atoms with Crippen molar-refractivity contribution in [2.24, 2.45) is 11.5 Å². The molecule has 6 N–H and O–H groups in total. The second kappa shape index (κ2) is 8.29. The molecule has 1 aliphatic heterocycles. The molecule has 0 atom stereocenters. The van der Waals surface area contributed by atoms with Gasteiger partial charge in [0.1, 0.15) is 0 Å². The molecule has 7 heteroatoms. The average molecular weight is 362 g/mol. The number of carbonyl (C=O) groups is 1. The number of hydrogen-bond acceptors (Lipinski definition) is 6. The number of fused-ring (bicyclic) bond motifs is 1. The highest BCUT2D eigenvalue weighted by Crippen LogP contribution is 2.29. The quantitative estimate of drug-likeness (QED) is 0.462. The zero-order valence-corrected chi connectivity index (χ0v) is 14.9. The molecule has 2 heterocycles. The summed E-state index contributed by atoms with van der Waals surface area (Å²) in [6.07, 6.45) is 9.80. The van der Waals surface area contributed by atoms with Gasteiger partial charge in [0.2, 0.25) is 5.91 Å². The van der Waals surface area contributed by atoms with Gasteiger partial charge in [-0.15, -0.1) is 0 Å². The Morgan fingerprint density at radius 2 is 2.22 bits per heavy atom. The van der Waals surface area contributed by atoms with Crippen molar-refractivity contribution >= 4 is 35.1 Å². The lowest BCUT2D eigenvalue weighted by Gasteiger charge is -2.16. The number of allylic oxidation sites excluding steroid dienone is 1. The number of nitrogens with zero attached hydrogens (tertiary/aromatic N) is 2. The van der Waals surface area contributed by atoms with Crippen LogP contribution in [0.2, 0.25) is 0 Å². The van der Waals surface area contributed by atoms with Crippen LogP contribution in [-0.2, 0) is 11.2 Å². The summed E-state index contributed by atoms with van der Waals surface area (Å²) in [6, 6.07) is 7.59. The van der Waals surface area contributed by atoms with Crippen LogP contribution in [0, 0.1) is 5.41 Å². The van der Waals surface area contributed by atoms with Crippen LogP contribution in [-0.4, -0.2) is 30.3 Å². The van der Waals surface area contributed by atoms with Crippen molar-refractivity contribution in [1.82, 2.24) is 4.98 Å². The molecule has 138 valence electrons. The van der Waals surface area contributed by atoms with E-state index in [4.69, 9.17) is 16.9 Å². The van der Waals surface area contributed by atoms with Gasteiger partial charge in [-0.1, -0.05) is 0 Å². The van der Waals surface area contributed by atoms with E-state index in [-0.39, 0.29) is 5.91 Å². The van der Waals surface area contributed by atoms with E-state index < -0.39 is 0 Å². The van der Waals surface area contributed by atoms with Crippen molar-refractivity contribution < 1.29 is 4.79 Å². The number of amides is 1. The van der Waals surface area contributed by atoms with Gasteiger partial charge in [0.05, 0.1) is 6.67 Å². The number of hydrogen-bond donors (Lipinski definition) is 4. The molecule has 2 aromatic rings. The van der Waals surface area contributed by atoms with Gasteiger partial charge in [0, 0.05) is 59.9 Å². The Labute approximate surface area is 157 Å². The predicted octanol–water partition coefficient (Wildman–Crippen LogP) is 1.96. The topological polar surface area (TPSA) is 121 Å². The van der Waals surface area contributed by atoms with Crippen LogP contribution < -0.4 is 21.7 Å². The molecule has 27 heavy (non-hydrogen) atoms. The fourth-order valence-corrected chi connectivity index (χ4v) is 3.10. The number of aromatic nitrogens is 1. The maximum absolute atomic E-state index is 12.3. The Hall–Kier alpha value is -3.45. The van der Waals surface area contributed by atoms with Crippen molar-refractivity contribution in [2.45, 2.75) is 6.42 Å².